The summed E-state index contributed by atoms with van der Waals surface area (Å²) in [4.78, 5) is 13.8. The quantitative estimate of drug-likeness (QED) is 0.435. The van der Waals surface area contributed by atoms with E-state index in [1.807, 2.05) is 18.7 Å². The molecule has 1 heterocycles. The first-order chi connectivity index (χ1) is 12.8. The lowest BCUT2D eigenvalue weighted by molar-refractivity contribution is -0.138. The molecular weight excluding hydrogens is 361 g/mol. The Bertz CT molecular complexity index is 832. The van der Waals surface area contributed by atoms with Crippen LogP contribution in [-0.4, -0.2) is 31.8 Å². The van der Waals surface area contributed by atoms with E-state index in [4.69, 9.17) is 9.47 Å². The van der Waals surface area contributed by atoms with Crippen LogP contribution < -0.4 is 9.64 Å². The Hall–Kier alpha value is -2.95. The van der Waals surface area contributed by atoms with Crippen LogP contribution in [0.1, 0.15) is 26.3 Å². The number of esters is 1. The van der Waals surface area contributed by atoms with Crippen molar-refractivity contribution in [1.82, 2.24) is 0 Å². The number of allylic oxidation sites excluding steroid dienone is 2. The average Bonchev–Trinajstić information content (AvgIpc) is 2.62. The normalized spacial score (nSPS) is 15.1. The number of hydrogen-bond donors (Lipinski definition) is 0. The van der Waals surface area contributed by atoms with Crippen LogP contribution in [-0.2, 0) is 9.53 Å². The summed E-state index contributed by atoms with van der Waals surface area (Å²) in [6, 6.07) is 5.96. The third kappa shape index (κ3) is 4.25. The first-order valence-corrected chi connectivity index (χ1v) is 8.44. The van der Waals surface area contributed by atoms with Crippen molar-refractivity contribution in [2.24, 2.45) is 0 Å². The van der Waals surface area contributed by atoms with Gasteiger partial charge in [0.15, 0.2) is 11.3 Å². The van der Waals surface area contributed by atoms with Crippen LogP contribution in [0.4, 0.5) is 18.9 Å². The van der Waals surface area contributed by atoms with Gasteiger partial charge in [-0.25, -0.2) is 4.79 Å². The second-order valence-corrected chi connectivity index (χ2v) is 5.58. The highest BCUT2D eigenvalue weighted by Crippen LogP contribution is 2.44. The maximum Gasteiger partial charge on any atom is 0.417 e. The van der Waals surface area contributed by atoms with E-state index >= 15 is 0 Å². The Balaban J connectivity index is 2.65. The van der Waals surface area contributed by atoms with Gasteiger partial charge in [-0.15, -0.1) is 0 Å². The summed E-state index contributed by atoms with van der Waals surface area (Å²) in [6.07, 6.45) is -4.02. The average molecular weight is 380 g/mol. The van der Waals surface area contributed by atoms with Gasteiger partial charge >= 0.3 is 12.1 Å². The molecule has 0 saturated carbocycles. The number of carbonyl (C=O) groups excluding carboxylic acids is 1. The molecule has 0 fully saturated rings. The number of anilines is 1. The van der Waals surface area contributed by atoms with Crippen LogP contribution in [0.2, 0.25) is 0 Å². The summed E-state index contributed by atoms with van der Waals surface area (Å²) in [5.41, 5.74) is -1.07. The van der Waals surface area contributed by atoms with Crippen LogP contribution in [0.5, 0.6) is 5.75 Å². The number of rotatable bonds is 5. The molecule has 0 N–H and O–H groups in total. The summed E-state index contributed by atoms with van der Waals surface area (Å²) in [5.74, 6) is -1.58. The molecule has 1 aromatic rings. The number of ether oxygens (including phenoxy) is 2. The Morgan fingerprint density at radius 3 is 2.44 bits per heavy atom. The van der Waals surface area contributed by atoms with Crippen molar-refractivity contribution in [3.63, 3.8) is 0 Å². The number of halogens is 3. The van der Waals surface area contributed by atoms with Crippen molar-refractivity contribution < 1.29 is 27.4 Å². The Labute approximate surface area is 155 Å². The zero-order valence-electron chi connectivity index (χ0n) is 15.2. The van der Waals surface area contributed by atoms with E-state index in [2.05, 4.69) is 0 Å². The van der Waals surface area contributed by atoms with E-state index in [-0.39, 0.29) is 17.9 Å². The molecule has 0 radical (unpaired) electrons. The number of benzene rings is 1. The topological polar surface area (TPSA) is 62.6 Å². The fourth-order valence-electron chi connectivity index (χ4n) is 2.72. The predicted molar refractivity (Wildman–Crippen MR) is 93.9 cm³/mol. The molecule has 0 aliphatic carbocycles. The maximum absolute atomic E-state index is 13.5. The summed E-state index contributed by atoms with van der Waals surface area (Å²) >= 11 is 0. The molecule has 1 aliphatic heterocycles. The molecule has 0 amide bonds. The first-order valence-electron chi connectivity index (χ1n) is 8.44. The number of carbonyl (C=O) groups is 1. The molecule has 144 valence electrons. The summed E-state index contributed by atoms with van der Waals surface area (Å²) in [6.45, 7) is 6.67. The van der Waals surface area contributed by atoms with E-state index in [1.165, 1.54) is 19.1 Å². The predicted octanol–water partition coefficient (Wildman–Crippen LogP) is 4.21. The molecule has 8 heteroatoms. The minimum absolute atomic E-state index is 0.0180. The van der Waals surface area contributed by atoms with Crippen molar-refractivity contribution in [3.05, 3.63) is 41.2 Å². The van der Waals surface area contributed by atoms with Crippen LogP contribution >= 0.6 is 0 Å². The van der Waals surface area contributed by atoms with E-state index in [0.29, 0.717) is 24.9 Å². The third-order valence-electron chi connectivity index (χ3n) is 4.02. The van der Waals surface area contributed by atoms with Gasteiger partial charge in [0.05, 0.1) is 12.2 Å². The van der Waals surface area contributed by atoms with Crippen molar-refractivity contribution in [3.8, 4) is 11.8 Å². The molecule has 0 aromatic heterocycles. The van der Waals surface area contributed by atoms with Gasteiger partial charge in [-0.2, -0.15) is 18.4 Å². The number of fused-ring (bicyclic) bond motifs is 1. The zero-order chi connectivity index (χ0) is 20.2. The van der Waals surface area contributed by atoms with E-state index < -0.39 is 29.1 Å². The second-order valence-electron chi connectivity index (χ2n) is 5.58. The highest BCUT2D eigenvalue weighted by Gasteiger charge is 2.39. The summed E-state index contributed by atoms with van der Waals surface area (Å²) < 4.78 is 50.9. The van der Waals surface area contributed by atoms with Crippen LogP contribution in [0.3, 0.4) is 0 Å². The molecule has 1 aromatic carbocycles. The molecule has 2 rings (SSSR count). The first kappa shape index (κ1) is 20.4. The summed E-state index contributed by atoms with van der Waals surface area (Å²) in [7, 11) is 0. The largest absolute Gasteiger partial charge is 0.462 e. The Morgan fingerprint density at radius 2 is 1.93 bits per heavy atom. The maximum atomic E-state index is 13.5. The molecule has 27 heavy (non-hydrogen) atoms. The minimum Gasteiger partial charge on any atom is -0.462 e. The van der Waals surface area contributed by atoms with Gasteiger partial charge in [0, 0.05) is 30.4 Å². The van der Waals surface area contributed by atoms with Gasteiger partial charge < -0.3 is 14.4 Å². The molecule has 1 aliphatic rings. The van der Waals surface area contributed by atoms with Crippen molar-refractivity contribution in [2.45, 2.75) is 26.9 Å². The Kier molecular flexibility index (Phi) is 6.16. The second kappa shape index (κ2) is 8.16. The van der Waals surface area contributed by atoms with Gasteiger partial charge in [0.2, 0.25) is 0 Å². The van der Waals surface area contributed by atoms with Crippen LogP contribution in [0, 0.1) is 11.3 Å². The molecule has 0 spiro atoms. The molecule has 0 unspecified atom stereocenters. The SMILES string of the molecule is CCOC(=O)/C(C#N)=C1\C=C(C(F)(F)F)c2ccc(N(CC)CC)cc2O1. The number of nitriles is 1. The molecular formula is C19H19F3N2O3. The van der Waals surface area contributed by atoms with E-state index in [1.54, 1.807) is 12.1 Å². The molecule has 0 atom stereocenters. The molecule has 5 nitrogen and oxygen atoms in total. The highest BCUT2D eigenvalue weighted by molar-refractivity contribution is 5.95. The monoisotopic (exact) mass is 380 g/mol. The van der Waals surface area contributed by atoms with Crippen molar-refractivity contribution in [2.75, 3.05) is 24.6 Å². The lowest BCUT2D eigenvalue weighted by Gasteiger charge is -2.26. The lowest BCUT2D eigenvalue weighted by atomic mass is 9.99. The Morgan fingerprint density at radius 1 is 1.26 bits per heavy atom. The third-order valence-corrected chi connectivity index (χ3v) is 4.02. The summed E-state index contributed by atoms with van der Waals surface area (Å²) in [5, 5.41) is 9.22. The van der Waals surface area contributed by atoms with E-state index in [9.17, 15) is 23.2 Å². The van der Waals surface area contributed by atoms with Gasteiger partial charge in [0.25, 0.3) is 0 Å². The van der Waals surface area contributed by atoms with Gasteiger partial charge in [0.1, 0.15) is 11.8 Å². The fourth-order valence-corrected chi connectivity index (χ4v) is 2.72. The minimum atomic E-state index is -4.68. The van der Waals surface area contributed by atoms with Crippen LogP contribution in [0.25, 0.3) is 5.57 Å². The molecule has 0 saturated heterocycles. The smallest absolute Gasteiger partial charge is 0.417 e. The van der Waals surface area contributed by atoms with Crippen molar-refractivity contribution in [1.29, 1.82) is 5.26 Å². The fraction of sp³-hybridized carbons (Fsp3) is 0.368. The van der Waals surface area contributed by atoms with Gasteiger partial charge in [-0.05, 0) is 39.0 Å². The highest BCUT2D eigenvalue weighted by atomic mass is 19.4. The number of hydrogen-bond acceptors (Lipinski definition) is 5. The van der Waals surface area contributed by atoms with Gasteiger partial charge in [-0.3, -0.25) is 0 Å². The van der Waals surface area contributed by atoms with Crippen LogP contribution in [0.15, 0.2) is 35.6 Å². The zero-order valence-corrected chi connectivity index (χ0v) is 15.2. The number of nitrogens with zero attached hydrogens (tertiary/aromatic N) is 2. The van der Waals surface area contributed by atoms with Crippen molar-refractivity contribution >= 4 is 17.2 Å². The lowest BCUT2D eigenvalue weighted by Crippen LogP contribution is -2.23. The standard InChI is InChI=1S/C19H19F3N2O3/c1-4-24(5-2)12-7-8-13-15(19(20,21)22)10-17(27-16(13)9-12)14(11-23)18(25)26-6-3/h7-10H,4-6H2,1-3H3/b17-14+. The van der Waals surface area contributed by atoms with E-state index in [0.717, 1.165) is 0 Å². The molecule has 0 bridgehead atoms. The van der Waals surface area contributed by atoms with Gasteiger partial charge in [-0.1, -0.05) is 0 Å². The number of alkyl halides is 3.